The number of rotatable bonds is 2. The molecule has 0 saturated carbocycles. The summed E-state index contributed by atoms with van der Waals surface area (Å²) in [6.45, 7) is -0.0303. The molecule has 0 fully saturated rings. The van der Waals surface area contributed by atoms with Crippen molar-refractivity contribution in [3.63, 3.8) is 0 Å². The minimum atomic E-state index is -2.35. The van der Waals surface area contributed by atoms with Gasteiger partial charge in [-0.05, 0) is 12.1 Å². The van der Waals surface area contributed by atoms with E-state index in [0.29, 0.717) is 10.6 Å². The summed E-state index contributed by atoms with van der Waals surface area (Å²) < 4.78 is 18.6. The minimum absolute atomic E-state index is 0.0659. The monoisotopic (exact) mass is 239 g/mol. The van der Waals surface area contributed by atoms with Gasteiger partial charge in [0.25, 0.3) is 12.2 Å². The number of alkyl halides is 1. The number of carboxylic acids is 1. The third-order valence-corrected chi connectivity index (χ3v) is 2.45. The van der Waals surface area contributed by atoms with Crippen LogP contribution in [-0.4, -0.2) is 41.3 Å². The molecule has 1 N–H and O–H groups in total. The Bertz CT molecular complexity index is 463. The summed E-state index contributed by atoms with van der Waals surface area (Å²) in [5.41, 5.74) is 0.175. The summed E-state index contributed by atoms with van der Waals surface area (Å²) in [5.74, 6) is -2.01. The SMILES string of the molecule is O=C(O)C(F)N1CCOc2ccccc2C1=O. The van der Waals surface area contributed by atoms with Crippen LogP contribution < -0.4 is 4.74 Å². The van der Waals surface area contributed by atoms with Gasteiger partial charge in [-0.15, -0.1) is 0 Å². The molecule has 6 heteroatoms. The van der Waals surface area contributed by atoms with E-state index in [2.05, 4.69) is 0 Å². The molecule has 1 unspecified atom stereocenters. The second kappa shape index (κ2) is 4.40. The number of carbonyl (C=O) groups is 2. The number of para-hydroxylation sites is 1. The van der Waals surface area contributed by atoms with Crippen LogP contribution in [0, 0.1) is 0 Å². The van der Waals surface area contributed by atoms with Crippen molar-refractivity contribution in [2.24, 2.45) is 0 Å². The minimum Gasteiger partial charge on any atom is -0.491 e. The predicted octanol–water partition coefficient (Wildman–Crippen LogP) is 0.901. The molecular formula is C11H10FNO4. The Kier molecular flexibility index (Phi) is 2.95. The molecule has 1 heterocycles. The highest BCUT2D eigenvalue weighted by molar-refractivity contribution is 5.98. The van der Waals surface area contributed by atoms with Crippen LogP contribution in [0.2, 0.25) is 0 Å². The average molecular weight is 239 g/mol. The van der Waals surface area contributed by atoms with E-state index < -0.39 is 18.2 Å². The molecule has 0 aliphatic carbocycles. The summed E-state index contributed by atoms with van der Waals surface area (Å²) >= 11 is 0. The van der Waals surface area contributed by atoms with Crippen molar-refractivity contribution in [1.82, 2.24) is 4.90 Å². The van der Waals surface area contributed by atoms with Crippen molar-refractivity contribution in [2.45, 2.75) is 6.30 Å². The molecule has 1 atom stereocenters. The topological polar surface area (TPSA) is 66.8 Å². The zero-order valence-corrected chi connectivity index (χ0v) is 8.80. The number of ether oxygens (including phenoxy) is 1. The van der Waals surface area contributed by atoms with Crippen LogP contribution in [0.15, 0.2) is 24.3 Å². The van der Waals surface area contributed by atoms with Gasteiger partial charge in [0.15, 0.2) is 0 Å². The molecule has 1 aliphatic heterocycles. The Morgan fingerprint density at radius 2 is 2.18 bits per heavy atom. The number of carboxylic acid groups (broad SMARTS) is 1. The standard InChI is InChI=1S/C11H10FNO4/c12-9(11(15)16)13-5-6-17-8-4-2-1-3-7(8)10(13)14/h1-4,9H,5-6H2,(H,15,16). The Balaban J connectivity index is 2.35. The molecule has 1 aromatic carbocycles. The van der Waals surface area contributed by atoms with Crippen LogP contribution in [0.1, 0.15) is 10.4 Å². The number of hydrogen-bond donors (Lipinski definition) is 1. The maximum Gasteiger partial charge on any atom is 0.359 e. The molecule has 0 saturated heterocycles. The fourth-order valence-corrected chi connectivity index (χ4v) is 1.63. The lowest BCUT2D eigenvalue weighted by Gasteiger charge is -2.20. The number of amides is 1. The first kappa shape index (κ1) is 11.4. The Hall–Kier alpha value is -2.11. The van der Waals surface area contributed by atoms with Gasteiger partial charge >= 0.3 is 5.97 Å². The third kappa shape index (κ3) is 2.06. The second-order valence-corrected chi connectivity index (χ2v) is 3.52. The van der Waals surface area contributed by atoms with E-state index in [1.807, 2.05) is 0 Å². The second-order valence-electron chi connectivity index (χ2n) is 3.52. The summed E-state index contributed by atoms with van der Waals surface area (Å²) in [6, 6.07) is 6.36. The van der Waals surface area contributed by atoms with E-state index >= 15 is 0 Å². The van der Waals surface area contributed by atoms with Crippen molar-refractivity contribution < 1.29 is 23.8 Å². The van der Waals surface area contributed by atoms with E-state index in [1.165, 1.54) is 6.07 Å². The molecule has 1 aliphatic rings. The van der Waals surface area contributed by atoms with E-state index in [9.17, 15) is 14.0 Å². The average Bonchev–Trinajstić information content (AvgIpc) is 2.48. The Morgan fingerprint density at radius 1 is 1.47 bits per heavy atom. The van der Waals surface area contributed by atoms with Crippen molar-refractivity contribution in [2.75, 3.05) is 13.2 Å². The first-order valence-corrected chi connectivity index (χ1v) is 5.01. The van der Waals surface area contributed by atoms with Gasteiger partial charge in [-0.2, -0.15) is 0 Å². The molecule has 0 spiro atoms. The van der Waals surface area contributed by atoms with E-state index in [0.717, 1.165) is 0 Å². The number of hydrogen-bond acceptors (Lipinski definition) is 3. The highest BCUT2D eigenvalue weighted by Crippen LogP contribution is 2.23. The summed E-state index contributed by atoms with van der Waals surface area (Å²) in [7, 11) is 0. The van der Waals surface area contributed by atoms with E-state index in [-0.39, 0.29) is 18.7 Å². The smallest absolute Gasteiger partial charge is 0.359 e. The number of benzene rings is 1. The fourth-order valence-electron chi connectivity index (χ4n) is 1.63. The van der Waals surface area contributed by atoms with Crippen molar-refractivity contribution in [3.05, 3.63) is 29.8 Å². The Morgan fingerprint density at radius 3 is 2.88 bits per heavy atom. The lowest BCUT2D eigenvalue weighted by Crippen LogP contribution is -2.43. The van der Waals surface area contributed by atoms with Gasteiger partial charge in [0.2, 0.25) is 0 Å². The fraction of sp³-hybridized carbons (Fsp3) is 0.273. The highest BCUT2D eigenvalue weighted by Gasteiger charge is 2.33. The summed E-state index contributed by atoms with van der Waals surface area (Å²) in [5, 5.41) is 8.58. The normalized spacial score (nSPS) is 16.8. The first-order valence-electron chi connectivity index (χ1n) is 5.01. The Labute approximate surface area is 96.4 Å². The summed E-state index contributed by atoms with van der Waals surface area (Å²) in [6.07, 6.45) is -2.35. The van der Waals surface area contributed by atoms with Gasteiger partial charge < -0.3 is 9.84 Å². The van der Waals surface area contributed by atoms with Crippen molar-refractivity contribution in [1.29, 1.82) is 0 Å². The van der Waals surface area contributed by atoms with Gasteiger partial charge in [-0.1, -0.05) is 12.1 Å². The maximum atomic E-state index is 13.4. The molecule has 90 valence electrons. The number of halogens is 1. The van der Waals surface area contributed by atoms with E-state index in [1.54, 1.807) is 18.2 Å². The highest BCUT2D eigenvalue weighted by atomic mass is 19.1. The predicted molar refractivity (Wildman–Crippen MR) is 55.5 cm³/mol. The van der Waals surface area contributed by atoms with E-state index in [4.69, 9.17) is 9.84 Å². The van der Waals surface area contributed by atoms with Crippen molar-refractivity contribution >= 4 is 11.9 Å². The number of aliphatic carboxylic acids is 1. The van der Waals surface area contributed by atoms with Gasteiger partial charge in [-0.3, -0.25) is 9.69 Å². The van der Waals surface area contributed by atoms with Crippen molar-refractivity contribution in [3.8, 4) is 5.75 Å². The zero-order chi connectivity index (χ0) is 12.4. The maximum absolute atomic E-state index is 13.4. The molecule has 2 rings (SSSR count). The van der Waals surface area contributed by atoms with Crippen LogP contribution in [0.3, 0.4) is 0 Å². The number of nitrogens with zero attached hydrogens (tertiary/aromatic N) is 1. The summed E-state index contributed by atoms with van der Waals surface area (Å²) in [4.78, 5) is 23.1. The molecular weight excluding hydrogens is 229 g/mol. The van der Waals surface area contributed by atoms with Gasteiger partial charge in [0.1, 0.15) is 12.4 Å². The van der Waals surface area contributed by atoms with Crippen LogP contribution in [0.5, 0.6) is 5.75 Å². The molecule has 0 aromatic heterocycles. The first-order chi connectivity index (χ1) is 8.11. The zero-order valence-electron chi connectivity index (χ0n) is 8.80. The molecule has 0 radical (unpaired) electrons. The molecule has 0 bridgehead atoms. The molecule has 5 nitrogen and oxygen atoms in total. The lowest BCUT2D eigenvalue weighted by molar-refractivity contribution is -0.148. The lowest BCUT2D eigenvalue weighted by atomic mass is 10.2. The third-order valence-electron chi connectivity index (χ3n) is 2.45. The largest absolute Gasteiger partial charge is 0.491 e. The molecule has 1 amide bonds. The van der Waals surface area contributed by atoms with Gasteiger partial charge in [0.05, 0.1) is 12.1 Å². The number of carbonyl (C=O) groups excluding carboxylic acids is 1. The van der Waals surface area contributed by atoms with Crippen LogP contribution >= 0.6 is 0 Å². The van der Waals surface area contributed by atoms with Crippen LogP contribution in [0.25, 0.3) is 0 Å². The molecule has 1 aromatic rings. The van der Waals surface area contributed by atoms with Gasteiger partial charge in [0, 0.05) is 0 Å². The quantitative estimate of drug-likeness (QED) is 0.779. The van der Waals surface area contributed by atoms with Crippen LogP contribution in [0.4, 0.5) is 4.39 Å². The number of fused-ring (bicyclic) bond motifs is 1. The van der Waals surface area contributed by atoms with Gasteiger partial charge in [-0.25, -0.2) is 9.18 Å². The van der Waals surface area contributed by atoms with Crippen LogP contribution in [-0.2, 0) is 4.79 Å². The molecule has 17 heavy (non-hydrogen) atoms.